The molecule has 1 amide bonds. The highest BCUT2D eigenvalue weighted by atomic mass is 16.4. The Hall–Kier alpha value is -1.10. The maximum absolute atomic E-state index is 12.1. The summed E-state index contributed by atoms with van der Waals surface area (Å²) >= 11 is 0. The number of carbonyl (C=O) groups is 2. The average Bonchev–Trinajstić information content (AvgIpc) is 2.87. The van der Waals surface area contributed by atoms with Crippen LogP contribution in [0.5, 0.6) is 0 Å². The lowest BCUT2D eigenvalue weighted by molar-refractivity contribution is -0.147. The minimum atomic E-state index is -1.01. The van der Waals surface area contributed by atoms with Gasteiger partial charge in [-0.25, -0.2) is 4.79 Å². The number of hydrogen-bond donors (Lipinski definition) is 3. The lowest BCUT2D eigenvalue weighted by Crippen LogP contribution is -2.57. The van der Waals surface area contributed by atoms with Crippen LogP contribution in [-0.2, 0) is 9.59 Å². The Bertz CT molecular complexity index is 324. The van der Waals surface area contributed by atoms with Crippen LogP contribution in [0.15, 0.2) is 0 Å². The number of carbonyl (C=O) groups excluding carboxylic acids is 1. The highest BCUT2D eigenvalue weighted by Crippen LogP contribution is 2.30. The highest BCUT2D eigenvalue weighted by Gasteiger charge is 2.44. The van der Waals surface area contributed by atoms with Gasteiger partial charge in [0.15, 0.2) is 0 Å². The average molecular weight is 240 g/mol. The predicted molar refractivity (Wildman–Crippen MR) is 62.5 cm³/mol. The molecule has 1 saturated carbocycles. The third kappa shape index (κ3) is 2.29. The molecule has 1 aliphatic carbocycles. The molecule has 2 atom stereocenters. The zero-order valence-electron chi connectivity index (χ0n) is 10.2. The van der Waals surface area contributed by atoms with Crippen molar-refractivity contribution >= 4 is 11.9 Å². The largest absolute Gasteiger partial charge is 0.480 e. The van der Waals surface area contributed by atoms with Crippen molar-refractivity contribution in [1.29, 1.82) is 0 Å². The van der Waals surface area contributed by atoms with Gasteiger partial charge in [-0.1, -0.05) is 19.8 Å². The van der Waals surface area contributed by atoms with Crippen LogP contribution in [0.4, 0.5) is 0 Å². The van der Waals surface area contributed by atoms with E-state index in [1.807, 2.05) is 6.92 Å². The van der Waals surface area contributed by atoms with Crippen molar-refractivity contribution < 1.29 is 14.7 Å². The fourth-order valence-corrected chi connectivity index (χ4v) is 2.87. The summed E-state index contributed by atoms with van der Waals surface area (Å²) in [6, 6.07) is -0.230. The topological polar surface area (TPSA) is 78.4 Å². The number of carboxylic acid groups (broad SMARTS) is 1. The number of carboxylic acids is 1. The summed E-state index contributed by atoms with van der Waals surface area (Å²) in [6.07, 6.45) is 3.82. The fourth-order valence-electron chi connectivity index (χ4n) is 2.87. The van der Waals surface area contributed by atoms with Crippen LogP contribution in [-0.4, -0.2) is 35.1 Å². The van der Waals surface area contributed by atoms with E-state index in [9.17, 15) is 14.7 Å². The molecule has 0 radical (unpaired) electrons. The second-order valence-electron chi connectivity index (χ2n) is 5.28. The normalized spacial score (nSPS) is 31.4. The van der Waals surface area contributed by atoms with E-state index in [2.05, 4.69) is 10.6 Å². The lowest BCUT2D eigenvalue weighted by atomic mass is 9.95. The maximum atomic E-state index is 12.1. The number of rotatable bonds is 3. The Balaban J connectivity index is 2.03. The van der Waals surface area contributed by atoms with Crippen LogP contribution >= 0.6 is 0 Å². The lowest BCUT2D eigenvalue weighted by Gasteiger charge is -2.28. The van der Waals surface area contributed by atoms with Gasteiger partial charge in [0.25, 0.3) is 0 Å². The van der Waals surface area contributed by atoms with E-state index in [0.717, 1.165) is 25.8 Å². The Morgan fingerprint density at radius 2 is 2.00 bits per heavy atom. The van der Waals surface area contributed by atoms with E-state index in [4.69, 9.17) is 0 Å². The minimum Gasteiger partial charge on any atom is -0.480 e. The Morgan fingerprint density at radius 1 is 1.35 bits per heavy atom. The summed E-state index contributed by atoms with van der Waals surface area (Å²) in [5.74, 6) is -0.768. The van der Waals surface area contributed by atoms with Gasteiger partial charge in [-0.15, -0.1) is 0 Å². The van der Waals surface area contributed by atoms with Crippen LogP contribution in [0.2, 0.25) is 0 Å². The number of amides is 1. The smallest absolute Gasteiger partial charge is 0.329 e. The second kappa shape index (κ2) is 4.64. The van der Waals surface area contributed by atoms with Gasteiger partial charge in [-0.2, -0.15) is 0 Å². The number of nitrogens with one attached hydrogen (secondary N) is 2. The zero-order valence-corrected chi connectivity index (χ0v) is 10.2. The van der Waals surface area contributed by atoms with Crippen molar-refractivity contribution in [2.45, 2.75) is 50.6 Å². The van der Waals surface area contributed by atoms with E-state index < -0.39 is 11.5 Å². The van der Waals surface area contributed by atoms with Gasteiger partial charge in [-0.3, -0.25) is 4.79 Å². The molecule has 2 fully saturated rings. The summed E-state index contributed by atoms with van der Waals surface area (Å²) in [6.45, 7) is 2.85. The third-order valence-electron chi connectivity index (χ3n) is 4.04. The molecule has 3 N–H and O–H groups in total. The molecule has 96 valence electrons. The molecule has 2 rings (SSSR count). The van der Waals surface area contributed by atoms with Gasteiger partial charge < -0.3 is 15.7 Å². The quantitative estimate of drug-likeness (QED) is 0.671. The van der Waals surface area contributed by atoms with Crippen LogP contribution in [0.25, 0.3) is 0 Å². The van der Waals surface area contributed by atoms with Crippen LogP contribution in [0, 0.1) is 5.92 Å². The van der Waals surface area contributed by atoms with Gasteiger partial charge in [-0.05, 0) is 31.7 Å². The van der Waals surface area contributed by atoms with Crippen molar-refractivity contribution in [3.8, 4) is 0 Å². The monoisotopic (exact) mass is 240 g/mol. The molecule has 1 heterocycles. The first-order chi connectivity index (χ1) is 8.05. The van der Waals surface area contributed by atoms with Gasteiger partial charge in [0, 0.05) is 0 Å². The zero-order chi connectivity index (χ0) is 12.5. The molecule has 5 nitrogen and oxygen atoms in total. The molecule has 0 aromatic carbocycles. The number of aliphatic carboxylic acids is 1. The fraction of sp³-hybridized carbons (Fsp3) is 0.833. The Labute approximate surface area is 101 Å². The van der Waals surface area contributed by atoms with Crippen molar-refractivity contribution in [3.63, 3.8) is 0 Å². The van der Waals surface area contributed by atoms with Gasteiger partial charge in [0.05, 0.1) is 6.04 Å². The molecular formula is C12H20N2O3. The standard InChI is InChI=1S/C12H20N2O3/c1-8-4-7-13-9(8)10(15)14-12(11(16)17)5-2-3-6-12/h8-9,13H,2-7H2,1H3,(H,14,15)(H,16,17). The molecular weight excluding hydrogens is 220 g/mol. The minimum absolute atomic E-state index is 0.153. The van der Waals surface area contributed by atoms with Gasteiger partial charge >= 0.3 is 5.97 Å². The van der Waals surface area contributed by atoms with Crippen LogP contribution < -0.4 is 10.6 Å². The Morgan fingerprint density at radius 3 is 2.47 bits per heavy atom. The van der Waals surface area contributed by atoms with E-state index in [1.54, 1.807) is 0 Å². The summed E-state index contributed by atoms with van der Waals surface area (Å²) in [5.41, 5.74) is -1.01. The van der Waals surface area contributed by atoms with E-state index >= 15 is 0 Å². The molecule has 1 saturated heterocycles. The maximum Gasteiger partial charge on any atom is 0.329 e. The summed E-state index contributed by atoms with van der Waals surface area (Å²) < 4.78 is 0. The van der Waals surface area contributed by atoms with Crippen molar-refractivity contribution in [2.24, 2.45) is 5.92 Å². The highest BCUT2D eigenvalue weighted by molar-refractivity contribution is 5.90. The van der Waals surface area contributed by atoms with Crippen molar-refractivity contribution in [3.05, 3.63) is 0 Å². The van der Waals surface area contributed by atoms with Crippen molar-refractivity contribution in [1.82, 2.24) is 10.6 Å². The van der Waals surface area contributed by atoms with Crippen LogP contribution in [0.3, 0.4) is 0 Å². The third-order valence-corrected chi connectivity index (χ3v) is 4.04. The van der Waals surface area contributed by atoms with E-state index in [1.165, 1.54) is 0 Å². The van der Waals surface area contributed by atoms with Crippen LogP contribution in [0.1, 0.15) is 39.0 Å². The SMILES string of the molecule is CC1CCNC1C(=O)NC1(C(=O)O)CCCC1. The molecule has 2 unspecified atom stereocenters. The summed E-state index contributed by atoms with van der Waals surface area (Å²) in [7, 11) is 0. The molecule has 0 spiro atoms. The molecule has 2 aliphatic rings. The number of hydrogen-bond acceptors (Lipinski definition) is 3. The summed E-state index contributed by atoms with van der Waals surface area (Å²) in [5, 5.41) is 15.2. The molecule has 0 aromatic rings. The second-order valence-corrected chi connectivity index (χ2v) is 5.28. The van der Waals surface area contributed by atoms with E-state index in [-0.39, 0.29) is 17.9 Å². The van der Waals surface area contributed by atoms with Gasteiger partial charge in [0.1, 0.15) is 5.54 Å². The molecule has 0 aromatic heterocycles. The first-order valence-corrected chi connectivity index (χ1v) is 6.34. The molecule has 0 bridgehead atoms. The van der Waals surface area contributed by atoms with Crippen molar-refractivity contribution in [2.75, 3.05) is 6.54 Å². The molecule has 1 aliphatic heterocycles. The predicted octanol–water partition coefficient (Wildman–Crippen LogP) is 0.498. The molecule has 17 heavy (non-hydrogen) atoms. The molecule has 5 heteroatoms. The first-order valence-electron chi connectivity index (χ1n) is 6.34. The summed E-state index contributed by atoms with van der Waals surface area (Å²) in [4.78, 5) is 23.4. The van der Waals surface area contributed by atoms with Gasteiger partial charge in [0.2, 0.25) is 5.91 Å². The first kappa shape index (κ1) is 12.4. The van der Waals surface area contributed by atoms with E-state index in [0.29, 0.717) is 12.8 Å². The Kier molecular flexibility index (Phi) is 3.38.